The van der Waals surface area contributed by atoms with Crippen molar-refractivity contribution >= 4 is 0 Å². The van der Waals surface area contributed by atoms with Crippen LogP contribution in [0.3, 0.4) is 0 Å². The standard InChI is InChI=1S/C8H15/c1-7-4-3-5-8(2)6-7/h7H,3-6H2,1-2H3/t7-/m0/s1. The van der Waals surface area contributed by atoms with Gasteiger partial charge in [-0.15, -0.1) is 0 Å². The summed E-state index contributed by atoms with van der Waals surface area (Å²) in [6.07, 6.45) is 5.68. The molecule has 0 heteroatoms. The third-order valence-corrected chi connectivity index (χ3v) is 2.00. The molecule has 1 radical (unpaired) electrons. The Morgan fingerprint density at radius 3 is 2.62 bits per heavy atom. The second kappa shape index (κ2) is 2.52. The van der Waals surface area contributed by atoms with Gasteiger partial charge in [-0.05, 0) is 24.7 Å². The van der Waals surface area contributed by atoms with Gasteiger partial charge in [0.15, 0.2) is 0 Å². The zero-order chi connectivity index (χ0) is 5.98. The van der Waals surface area contributed by atoms with Gasteiger partial charge >= 0.3 is 0 Å². The van der Waals surface area contributed by atoms with E-state index in [1.165, 1.54) is 25.7 Å². The van der Waals surface area contributed by atoms with E-state index in [0.29, 0.717) is 0 Å². The van der Waals surface area contributed by atoms with Gasteiger partial charge in [-0.3, -0.25) is 0 Å². The van der Waals surface area contributed by atoms with Crippen LogP contribution in [0.1, 0.15) is 39.5 Å². The van der Waals surface area contributed by atoms with Crippen LogP contribution in [0.4, 0.5) is 0 Å². The van der Waals surface area contributed by atoms with E-state index in [4.69, 9.17) is 0 Å². The molecule has 0 amide bonds. The second-order valence-corrected chi connectivity index (χ2v) is 3.16. The van der Waals surface area contributed by atoms with Crippen LogP contribution in [-0.4, -0.2) is 0 Å². The average molecular weight is 111 g/mol. The van der Waals surface area contributed by atoms with Crippen molar-refractivity contribution in [3.63, 3.8) is 0 Å². The summed E-state index contributed by atoms with van der Waals surface area (Å²) in [5.74, 6) is 2.69. The van der Waals surface area contributed by atoms with Gasteiger partial charge in [-0.2, -0.15) is 0 Å². The van der Waals surface area contributed by atoms with E-state index in [1.807, 2.05) is 0 Å². The van der Waals surface area contributed by atoms with Crippen molar-refractivity contribution in [2.24, 2.45) is 5.92 Å². The minimum atomic E-state index is 0.976. The monoisotopic (exact) mass is 111 g/mol. The summed E-state index contributed by atoms with van der Waals surface area (Å²) >= 11 is 0. The molecular formula is C8H15. The van der Waals surface area contributed by atoms with Crippen LogP contribution in [0, 0.1) is 11.8 Å². The largest absolute Gasteiger partial charge is 0.0625 e. The molecule has 0 bridgehead atoms. The fourth-order valence-corrected chi connectivity index (χ4v) is 1.55. The molecule has 8 heavy (non-hydrogen) atoms. The van der Waals surface area contributed by atoms with Crippen LogP contribution < -0.4 is 0 Å². The molecule has 0 N–H and O–H groups in total. The van der Waals surface area contributed by atoms with Gasteiger partial charge in [0.05, 0.1) is 0 Å². The highest BCUT2D eigenvalue weighted by atomic mass is 14.2. The Bertz CT molecular complexity index is 58.4. The maximum absolute atomic E-state index is 2.35. The Hall–Kier alpha value is 0. The minimum Gasteiger partial charge on any atom is -0.0625 e. The lowest BCUT2D eigenvalue weighted by atomic mass is 9.84. The second-order valence-electron chi connectivity index (χ2n) is 3.16. The molecule has 1 rings (SSSR count). The van der Waals surface area contributed by atoms with Crippen molar-refractivity contribution in [3.05, 3.63) is 5.92 Å². The molecule has 0 aromatic heterocycles. The fourth-order valence-electron chi connectivity index (χ4n) is 1.55. The lowest BCUT2D eigenvalue weighted by Crippen LogP contribution is -2.07. The molecule has 0 unspecified atom stereocenters. The Labute approximate surface area is 52.3 Å². The van der Waals surface area contributed by atoms with Crippen LogP contribution in [0.2, 0.25) is 0 Å². The van der Waals surface area contributed by atoms with E-state index in [2.05, 4.69) is 13.8 Å². The molecule has 0 spiro atoms. The van der Waals surface area contributed by atoms with Crippen LogP contribution in [0.15, 0.2) is 0 Å². The highest BCUT2D eigenvalue weighted by Crippen LogP contribution is 2.28. The van der Waals surface area contributed by atoms with E-state index in [9.17, 15) is 0 Å². The van der Waals surface area contributed by atoms with Crippen molar-refractivity contribution in [1.82, 2.24) is 0 Å². The summed E-state index contributed by atoms with van der Waals surface area (Å²) in [6, 6.07) is 0. The normalized spacial score (nSPS) is 33.0. The van der Waals surface area contributed by atoms with E-state index in [0.717, 1.165) is 5.92 Å². The Morgan fingerprint density at radius 2 is 2.25 bits per heavy atom. The van der Waals surface area contributed by atoms with Gasteiger partial charge in [0.1, 0.15) is 0 Å². The SMILES string of the molecule is C[C]1CCC[C@H](C)C1. The average Bonchev–Trinajstić information content (AvgIpc) is 1.64. The summed E-state index contributed by atoms with van der Waals surface area (Å²) in [5.41, 5.74) is 0. The summed E-state index contributed by atoms with van der Waals surface area (Å²) < 4.78 is 0. The molecule has 1 aliphatic carbocycles. The van der Waals surface area contributed by atoms with Gasteiger partial charge in [0, 0.05) is 0 Å². The summed E-state index contributed by atoms with van der Waals surface area (Å²) in [7, 11) is 0. The molecule has 0 heterocycles. The van der Waals surface area contributed by atoms with Crippen molar-refractivity contribution in [2.45, 2.75) is 39.5 Å². The highest BCUT2D eigenvalue weighted by Gasteiger charge is 2.14. The first-order valence-corrected chi connectivity index (χ1v) is 3.60. The van der Waals surface area contributed by atoms with E-state index >= 15 is 0 Å². The van der Waals surface area contributed by atoms with Gasteiger partial charge in [-0.25, -0.2) is 0 Å². The smallest absolute Gasteiger partial charge is 0.0269 e. The van der Waals surface area contributed by atoms with E-state index in [-0.39, 0.29) is 0 Å². The molecule has 1 aliphatic rings. The Kier molecular flexibility index (Phi) is 1.93. The maximum atomic E-state index is 2.35. The van der Waals surface area contributed by atoms with Gasteiger partial charge in [0.2, 0.25) is 0 Å². The molecule has 0 aromatic carbocycles. The molecule has 1 saturated carbocycles. The van der Waals surface area contributed by atoms with Crippen molar-refractivity contribution in [1.29, 1.82) is 0 Å². The zero-order valence-corrected chi connectivity index (χ0v) is 5.91. The third-order valence-electron chi connectivity index (χ3n) is 2.00. The van der Waals surface area contributed by atoms with Crippen LogP contribution in [-0.2, 0) is 0 Å². The lowest BCUT2D eigenvalue weighted by molar-refractivity contribution is 0.413. The minimum absolute atomic E-state index is 0.976. The first-order chi connectivity index (χ1) is 3.79. The quantitative estimate of drug-likeness (QED) is 0.451. The fraction of sp³-hybridized carbons (Fsp3) is 0.875. The van der Waals surface area contributed by atoms with Gasteiger partial charge in [0.25, 0.3) is 0 Å². The van der Waals surface area contributed by atoms with Gasteiger partial charge in [-0.1, -0.05) is 26.7 Å². The van der Waals surface area contributed by atoms with Crippen molar-refractivity contribution in [2.75, 3.05) is 0 Å². The first kappa shape index (κ1) is 6.12. The molecule has 0 aromatic rings. The summed E-state index contributed by atoms with van der Waals surface area (Å²) in [6.45, 7) is 4.64. The predicted molar refractivity (Wildman–Crippen MR) is 36.5 cm³/mol. The molecule has 47 valence electrons. The van der Waals surface area contributed by atoms with Crippen LogP contribution in [0.25, 0.3) is 0 Å². The predicted octanol–water partition coefficient (Wildman–Crippen LogP) is 2.79. The third kappa shape index (κ3) is 1.50. The number of hydrogen-bond donors (Lipinski definition) is 0. The molecular weight excluding hydrogens is 96.1 g/mol. The molecule has 1 fully saturated rings. The van der Waals surface area contributed by atoms with Crippen molar-refractivity contribution in [3.8, 4) is 0 Å². The number of rotatable bonds is 0. The highest BCUT2D eigenvalue weighted by molar-refractivity contribution is 4.89. The van der Waals surface area contributed by atoms with E-state index in [1.54, 1.807) is 5.92 Å². The molecule has 1 atom stereocenters. The summed E-state index contributed by atoms with van der Waals surface area (Å²) in [4.78, 5) is 0. The Balaban J connectivity index is 2.23. The van der Waals surface area contributed by atoms with Crippen LogP contribution >= 0.6 is 0 Å². The molecule has 0 saturated heterocycles. The van der Waals surface area contributed by atoms with Crippen LogP contribution in [0.5, 0.6) is 0 Å². The summed E-state index contributed by atoms with van der Waals surface area (Å²) in [5, 5.41) is 0. The molecule has 0 aliphatic heterocycles. The van der Waals surface area contributed by atoms with Gasteiger partial charge < -0.3 is 0 Å². The zero-order valence-electron chi connectivity index (χ0n) is 5.91. The lowest BCUT2D eigenvalue weighted by Gasteiger charge is -2.22. The number of hydrogen-bond acceptors (Lipinski definition) is 0. The topological polar surface area (TPSA) is 0 Å². The Morgan fingerprint density at radius 1 is 1.50 bits per heavy atom. The van der Waals surface area contributed by atoms with E-state index < -0.39 is 0 Å². The first-order valence-electron chi connectivity index (χ1n) is 3.60. The van der Waals surface area contributed by atoms with Crippen molar-refractivity contribution < 1.29 is 0 Å². The maximum Gasteiger partial charge on any atom is -0.0269 e. The molecule has 0 nitrogen and oxygen atoms in total.